The normalized spacial score (nSPS) is 15.4. The van der Waals surface area contributed by atoms with Crippen molar-refractivity contribution in [2.75, 3.05) is 0 Å². The maximum Gasteiger partial charge on any atom is 0.165 e. The smallest absolute Gasteiger partial charge is 0.165 e. The maximum absolute atomic E-state index is 5.34. The number of aromatic nitrogens is 3. The minimum atomic E-state index is -0.644. The fraction of sp³-hybridized carbons (Fsp3) is 0.0870. The summed E-state index contributed by atoms with van der Waals surface area (Å²) in [7, 11) is -0.644. The second-order valence-corrected chi connectivity index (χ2v) is 15.6. The Kier molecular flexibility index (Phi) is 7.06. The zero-order valence-electron chi connectivity index (χ0n) is 27.6. The molecule has 6 aromatic carbocycles. The lowest BCUT2D eigenvalue weighted by atomic mass is 9.90. The third kappa shape index (κ3) is 4.69. The van der Waals surface area contributed by atoms with E-state index < -0.39 is 7.92 Å². The number of allylic oxidation sites excluding steroid dienone is 2. The van der Waals surface area contributed by atoms with Gasteiger partial charge in [0.1, 0.15) is 11.2 Å². The van der Waals surface area contributed by atoms with E-state index in [-0.39, 0.29) is 0 Å². The van der Waals surface area contributed by atoms with Crippen LogP contribution in [0.1, 0.15) is 19.3 Å². The first kappa shape index (κ1) is 29.3. The Bertz CT molecular complexity index is 2710. The van der Waals surface area contributed by atoms with Crippen molar-refractivity contribution in [1.82, 2.24) is 14.4 Å². The van der Waals surface area contributed by atoms with Gasteiger partial charge in [0.2, 0.25) is 0 Å². The van der Waals surface area contributed by atoms with Crippen LogP contribution in [0.4, 0.5) is 0 Å². The van der Waals surface area contributed by atoms with Gasteiger partial charge in [-0.2, -0.15) is 0 Å². The Morgan fingerprint density at radius 3 is 1.98 bits per heavy atom. The average molecular weight is 660 g/mol. The summed E-state index contributed by atoms with van der Waals surface area (Å²) in [6.07, 6.45) is 10.6. The van der Waals surface area contributed by atoms with E-state index in [0.29, 0.717) is 5.66 Å². The molecule has 0 bridgehead atoms. The van der Waals surface area contributed by atoms with E-state index in [0.717, 1.165) is 38.8 Å². The first-order valence-corrected chi connectivity index (χ1v) is 19.0. The molecule has 0 saturated heterocycles. The van der Waals surface area contributed by atoms with Gasteiger partial charge in [-0.25, -0.2) is 9.97 Å². The van der Waals surface area contributed by atoms with Crippen molar-refractivity contribution in [1.29, 1.82) is 0 Å². The number of pyridine rings is 2. The van der Waals surface area contributed by atoms with E-state index in [4.69, 9.17) is 9.97 Å². The summed E-state index contributed by atoms with van der Waals surface area (Å²) in [5.41, 5.74) is 7.79. The molecule has 2 unspecified atom stereocenters. The molecule has 50 heavy (non-hydrogen) atoms. The summed E-state index contributed by atoms with van der Waals surface area (Å²) < 4.78 is 2.10. The highest BCUT2D eigenvalue weighted by Gasteiger charge is 2.28. The van der Waals surface area contributed by atoms with Gasteiger partial charge in [0, 0.05) is 28.2 Å². The molecule has 9 aromatic rings. The number of fused-ring (bicyclic) bond motifs is 7. The molecule has 0 N–H and O–H groups in total. The molecule has 10 rings (SSSR count). The van der Waals surface area contributed by atoms with Crippen molar-refractivity contribution in [3.8, 4) is 22.4 Å². The molecule has 4 heteroatoms. The topological polar surface area (TPSA) is 30.2 Å². The molecule has 1 aliphatic rings. The van der Waals surface area contributed by atoms with Gasteiger partial charge in [-0.15, -0.1) is 0 Å². The lowest BCUT2D eigenvalue weighted by Gasteiger charge is -2.31. The van der Waals surface area contributed by atoms with Crippen LogP contribution >= 0.6 is 7.92 Å². The predicted octanol–water partition coefficient (Wildman–Crippen LogP) is 11.2. The Morgan fingerprint density at radius 1 is 0.580 bits per heavy atom. The van der Waals surface area contributed by atoms with Crippen molar-refractivity contribution in [3.05, 3.63) is 164 Å². The van der Waals surface area contributed by atoms with Gasteiger partial charge in [0.15, 0.2) is 5.65 Å². The van der Waals surface area contributed by atoms with Crippen LogP contribution in [0.25, 0.3) is 71.5 Å². The van der Waals surface area contributed by atoms with Crippen molar-refractivity contribution in [2.45, 2.75) is 24.9 Å². The van der Waals surface area contributed by atoms with E-state index >= 15 is 0 Å². The zero-order chi connectivity index (χ0) is 33.0. The second kappa shape index (κ2) is 12.1. The number of nitrogens with zero attached hydrogens (tertiary/aromatic N) is 3. The van der Waals surface area contributed by atoms with Gasteiger partial charge in [-0.1, -0.05) is 140 Å². The largest absolute Gasteiger partial charge is 0.284 e. The average Bonchev–Trinajstić information content (AvgIpc) is 3.57. The van der Waals surface area contributed by atoms with Gasteiger partial charge in [-0.3, -0.25) is 4.40 Å². The molecule has 3 nitrogen and oxygen atoms in total. The molecule has 0 saturated carbocycles. The summed E-state index contributed by atoms with van der Waals surface area (Å²) in [5.74, 6) is 0. The monoisotopic (exact) mass is 659 g/mol. The summed E-state index contributed by atoms with van der Waals surface area (Å²) in [5, 5.41) is 10.5. The van der Waals surface area contributed by atoms with Crippen molar-refractivity contribution < 1.29 is 0 Å². The van der Waals surface area contributed by atoms with Crippen LogP contribution in [0.3, 0.4) is 0 Å². The second-order valence-electron chi connectivity index (χ2n) is 13.2. The Hall–Kier alpha value is -5.63. The van der Waals surface area contributed by atoms with Crippen LogP contribution in [-0.4, -0.2) is 20.0 Å². The highest BCUT2D eigenvalue weighted by molar-refractivity contribution is 7.74. The maximum atomic E-state index is 5.34. The number of hydrogen-bond donors (Lipinski definition) is 0. The molecule has 0 radical (unpaired) electrons. The standard InChI is InChI=1S/C46H34N3P/c1-3-18-33(19-4-1)50(34-20-5-2-6-21-34)45-39-26-11-7-22-35(39)42(36-23-8-12-27-40(36)45)31-16-15-17-32(30-31)43-37-24-9-10-25-38(37)44-46(48-43)49-29-14-13-28-41(49)47-44/h1,3-5,7-20,22-30,34H,2,6,21H2. The van der Waals surface area contributed by atoms with Crippen molar-refractivity contribution in [2.24, 2.45) is 0 Å². The Balaban J connectivity index is 1.24. The van der Waals surface area contributed by atoms with E-state index in [1.165, 1.54) is 62.5 Å². The van der Waals surface area contributed by atoms with Crippen LogP contribution in [0.2, 0.25) is 0 Å². The van der Waals surface area contributed by atoms with Crippen LogP contribution < -0.4 is 10.6 Å². The number of benzene rings is 6. The fourth-order valence-electron chi connectivity index (χ4n) is 8.14. The summed E-state index contributed by atoms with van der Waals surface area (Å²) in [4.78, 5) is 10.3. The molecule has 2 atom stereocenters. The molecular weight excluding hydrogens is 626 g/mol. The quantitative estimate of drug-likeness (QED) is 0.105. The van der Waals surface area contributed by atoms with Gasteiger partial charge in [0.25, 0.3) is 0 Å². The predicted molar refractivity (Wildman–Crippen MR) is 213 cm³/mol. The van der Waals surface area contributed by atoms with Gasteiger partial charge in [0.05, 0.1) is 5.69 Å². The van der Waals surface area contributed by atoms with E-state index in [1.54, 1.807) is 0 Å². The SMILES string of the molecule is C1=CC(P(c2ccccc2)c2c3ccccc3c(-c3cccc(-c4nc5c(nc6ccccn65)c5ccccc45)c3)c3ccccc23)CCC1. The van der Waals surface area contributed by atoms with Crippen molar-refractivity contribution >= 4 is 67.7 Å². The van der Waals surface area contributed by atoms with Crippen LogP contribution in [0, 0.1) is 0 Å². The highest BCUT2D eigenvalue weighted by atomic mass is 31.1. The lowest BCUT2D eigenvalue weighted by molar-refractivity contribution is 0.738. The van der Waals surface area contributed by atoms with Crippen molar-refractivity contribution in [3.63, 3.8) is 0 Å². The highest BCUT2D eigenvalue weighted by Crippen LogP contribution is 2.49. The first-order valence-electron chi connectivity index (χ1n) is 17.5. The summed E-state index contributed by atoms with van der Waals surface area (Å²) in [6, 6.07) is 53.2. The van der Waals surface area contributed by atoms with Crippen LogP contribution in [-0.2, 0) is 0 Å². The van der Waals surface area contributed by atoms with Crippen LogP contribution in [0.15, 0.2) is 164 Å². The van der Waals surface area contributed by atoms with Crippen LogP contribution in [0.5, 0.6) is 0 Å². The number of imidazole rings is 1. The van der Waals surface area contributed by atoms with Gasteiger partial charge in [-0.05, 0) is 88.7 Å². The zero-order valence-corrected chi connectivity index (χ0v) is 28.5. The Morgan fingerprint density at radius 2 is 1.24 bits per heavy atom. The molecule has 238 valence electrons. The molecule has 0 spiro atoms. The van der Waals surface area contributed by atoms with E-state index in [2.05, 4.69) is 150 Å². The lowest BCUT2D eigenvalue weighted by Crippen LogP contribution is -2.23. The summed E-state index contributed by atoms with van der Waals surface area (Å²) >= 11 is 0. The minimum absolute atomic E-state index is 0.510. The van der Waals surface area contributed by atoms with E-state index in [9.17, 15) is 0 Å². The van der Waals surface area contributed by atoms with Gasteiger partial charge >= 0.3 is 0 Å². The third-order valence-electron chi connectivity index (χ3n) is 10.3. The van der Waals surface area contributed by atoms with Gasteiger partial charge < -0.3 is 0 Å². The first-order chi connectivity index (χ1) is 24.8. The molecule has 3 aromatic heterocycles. The molecule has 1 aliphatic carbocycles. The van der Waals surface area contributed by atoms with E-state index in [1.807, 2.05) is 18.2 Å². The fourth-order valence-corrected chi connectivity index (χ4v) is 11.2. The molecular formula is C46H34N3P. The molecule has 0 aliphatic heterocycles. The molecule has 0 amide bonds. The summed E-state index contributed by atoms with van der Waals surface area (Å²) in [6.45, 7) is 0. The Labute approximate surface area is 292 Å². The molecule has 3 heterocycles. The third-order valence-corrected chi connectivity index (χ3v) is 13.2. The minimum Gasteiger partial charge on any atom is -0.284 e. The number of rotatable bonds is 5. The molecule has 0 fully saturated rings. The number of hydrogen-bond acceptors (Lipinski definition) is 2.